The maximum atomic E-state index is 11.1. The summed E-state index contributed by atoms with van der Waals surface area (Å²) < 4.78 is 11.5. The van der Waals surface area contributed by atoms with E-state index in [1.165, 1.54) is 6.42 Å². The molecule has 90 valence electrons. The number of allylic oxidation sites excluding steroid dienone is 1. The first-order chi connectivity index (χ1) is 7.67. The Kier molecular flexibility index (Phi) is 3.30. The van der Waals surface area contributed by atoms with Gasteiger partial charge >= 0.3 is 5.97 Å². The van der Waals surface area contributed by atoms with Crippen molar-refractivity contribution in [2.24, 2.45) is 0 Å². The molecule has 1 saturated carbocycles. The molecule has 2 aliphatic rings. The van der Waals surface area contributed by atoms with E-state index in [1.54, 1.807) is 6.08 Å². The van der Waals surface area contributed by atoms with Gasteiger partial charge in [0.05, 0.1) is 0 Å². The van der Waals surface area contributed by atoms with Gasteiger partial charge in [0.2, 0.25) is 0 Å². The average molecular weight is 226 g/mol. The minimum Gasteiger partial charge on any atom is -0.479 e. The minimum atomic E-state index is -0.939. The van der Waals surface area contributed by atoms with E-state index < -0.39 is 24.0 Å². The molecule has 2 atom stereocenters. The Hall–Kier alpha value is -0.870. The summed E-state index contributed by atoms with van der Waals surface area (Å²) in [6.45, 7) is 1.86. The molecule has 16 heavy (non-hydrogen) atoms. The van der Waals surface area contributed by atoms with Crippen LogP contribution >= 0.6 is 0 Å². The van der Waals surface area contributed by atoms with Gasteiger partial charge in [0.1, 0.15) is 6.10 Å². The van der Waals surface area contributed by atoms with Crippen molar-refractivity contribution < 1.29 is 19.4 Å². The quantitative estimate of drug-likeness (QED) is 0.732. The Morgan fingerprint density at radius 1 is 1.31 bits per heavy atom. The lowest BCUT2D eigenvalue weighted by molar-refractivity contribution is -0.196. The third-order valence-electron chi connectivity index (χ3n) is 3.23. The summed E-state index contributed by atoms with van der Waals surface area (Å²) in [7, 11) is 0. The van der Waals surface area contributed by atoms with Crippen molar-refractivity contribution in [1.29, 1.82) is 0 Å². The molecular formula is C12H18O4. The second-order valence-corrected chi connectivity index (χ2v) is 4.46. The standard InChI is InChI=1S/C12H18O4/c1-2-6-9-10(11(13)14)16-12(15-9)7-4-3-5-8-12/h2,6,9-10H,3-5,7-8H2,1H3,(H,13,14). The summed E-state index contributed by atoms with van der Waals surface area (Å²) in [5.74, 6) is -1.57. The van der Waals surface area contributed by atoms with Gasteiger partial charge in [0.25, 0.3) is 0 Å². The highest BCUT2D eigenvalue weighted by atomic mass is 16.8. The van der Waals surface area contributed by atoms with E-state index >= 15 is 0 Å². The smallest absolute Gasteiger partial charge is 0.336 e. The lowest BCUT2D eigenvalue weighted by Crippen LogP contribution is -2.34. The van der Waals surface area contributed by atoms with E-state index in [4.69, 9.17) is 14.6 Å². The van der Waals surface area contributed by atoms with Crippen LogP contribution in [0.3, 0.4) is 0 Å². The highest BCUT2D eigenvalue weighted by molar-refractivity contribution is 5.74. The molecule has 1 N–H and O–H groups in total. The Morgan fingerprint density at radius 2 is 2.00 bits per heavy atom. The van der Waals surface area contributed by atoms with Gasteiger partial charge < -0.3 is 14.6 Å². The molecule has 0 bridgehead atoms. The molecule has 0 aromatic heterocycles. The molecule has 0 radical (unpaired) electrons. The van der Waals surface area contributed by atoms with E-state index in [2.05, 4.69) is 0 Å². The zero-order chi connectivity index (χ0) is 11.6. The first kappa shape index (κ1) is 11.6. The molecule has 2 fully saturated rings. The number of hydrogen-bond acceptors (Lipinski definition) is 3. The van der Waals surface area contributed by atoms with Crippen LogP contribution in [0.15, 0.2) is 12.2 Å². The molecule has 0 aromatic carbocycles. The Bertz CT molecular complexity index is 291. The van der Waals surface area contributed by atoms with Crippen molar-refractivity contribution in [3.05, 3.63) is 12.2 Å². The molecule has 1 saturated heterocycles. The van der Waals surface area contributed by atoms with Gasteiger partial charge in [-0.15, -0.1) is 0 Å². The largest absolute Gasteiger partial charge is 0.479 e. The van der Waals surface area contributed by atoms with Crippen molar-refractivity contribution in [2.45, 2.75) is 57.0 Å². The Labute approximate surface area is 95.2 Å². The summed E-state index contributed by atoms with van der Waals surface area (Å²) in [5, 5.41) is 9.09. The summed E-state index contributed by atoms with van der Waals surface area (Å²) >= 11 is 0. The van der Waals surface area contributed by atoms with E-state index in [0.717, 1.165) is 25.7 Å². The number of carbonyl (C=O) groups is 1. The minimum absolute atomic E-state index is 0.444. The van der Waals surface area contributed by atoms with Gasteiger partial charge in [-0.1, -0.05) is 18.6 Å². The van der Waals surface area contributed by atoms with Crippen LogP contribution in [-0.2, 0) is 14.3 Å². The highest BCUT2D eigenvalue weighted by Gasteiger charge is 2.49. The fourth-order valence-corrected chi connectivity index (χ4v) is 2.48. The molecular weight excluding hydrogens is 208 g/mol. The molecule has 2 rings (SSSR count). The normalized spacial score (nSPS) is 33.6. The first-order valence-corrected chi connectivity index (χ1v) is 5.88. The summed E-state index contributed by atoms with van der Waals surface area (Å²) in [4.78, 5) is 11.1. The topological polar surface area (TPSA) is 55.8 Å². The highest BCUT2D eigenvalue weighted by Crippen LogP contribution is 2.40. The van der Waals surface area contributed by atoms with Crippen molar-refractivity contribution >= 4 is 5.97 Å². The maximum absolute atomic E-state index is 11.1. The molecule has 1 spiro atoms. The first-order valence-electron chi connectivity index (χ1n) is 5.88. The molecule has 4 nitrogen and oxygen atoms in total. The fraction of sp³-hybridized carbons (Fsp3) is 0.750. The molecule has 4 heteroatoms. The Balaban J connectivity index is 2.12. The van der Waals surface area contributed by atoms with Crippen LogP contribution in [0, 0.1) is 0 Å². The van der Waals surface area contributed by atoms with Crippen molar-refractivity contribution in [3.63, 3.8) is 0 Å². The van der Waals surface area contributed by atoms with Crippen LogP contribution in [0.25, 0.3) is 0 Å². The number of aliphatic carboxylic acids is 1. The molecule has 1 aliphatic heterocycles. The number of ether oxygens (including phenoxy) is 2. The third kappa shape index (κ3) is 2.13. The monoisotopic (exact) mass is 226 g/mol. The predicted molar refractivity (Wildman–Crippen MR) is 58.0 cm³/mol. The van der Waals surface area contributed by atoms with Crippen LogP contribution in [0.5, 0.6) is 0 Å². The molecule has 2 unspecified atom stereocenters. The number of carboxylic acid groups (broad SMARTS) is 1. The van der Waals surface area contributed by atoms with E-state index in [-0.39, 0.29) is 0 Å². The van der Waals surface area contributed by atoms with Gasteiger partial charge in [-0.2, -0.15) is 0 Å². The van der Waals surface area contributed by atoms with E-state index in [1.807, 2.05) is 13.0 Å². The molecule has 0 aromatic rings. The van der Waals surface area contributed by atoms with Crippen LogP contribution in [0.2, 0.25) is 0 Å². The number of carboxylic acids is 1. The van der Waals surface area contributed by atoms with Crippen LogP contribution in [0.4, 0.5) is 0 Å². The Morgan fingerprint density at radius 3 is 2.56 bits per heavy atom. The molecule has 0 amide bonds. The van der Waals surface area contributed by atoms with E-state index in [9.17, 15) is 4.79 Å². The second-order valence-electron chi connectivity index (χ2n) is 4.46. The zero-order valence-corrected chi connectivity index (χ0v) is 9.52. The van der Waals surface area contributed by atoms with Gasteiger partial charge in [0, 0.05) is 12.8 Å². The van der Waals surface area contributed by atoms with E-state index in [0.29, 0.717) is 0 Å². The zero-order valence-electron chi connectivity index (χ0n) is 9.52. The summed E-state index contributed by atoms with van der Waals surface area (Å²) in [6, 6.07) is 0. The second kappa shape index (κ2) is 4.55. The van der Waals surface area contributed by atoms with Crippen LogP contribution < -0.4 is 0 Å². The predicted octanol–water partition coefficient (Wildman–Crippen LogP) is 2.09. The molecule has 1 aliphatic carbocycles. The van der Waals surface area contributed by atoms with Crippen molar-refractivity contribution in [1.82, 2.24) is 0 Å². The van der Waals surface area contributed by atoms with Gasteiger partial charge in [-0.25, -0.2) is 4.79 Å². The van der Waals surface area contributed by atoms with Crippen LogP contribution in [0.1, 0.15) is 39.0 Å². The SMILES string of the molecule is CC=CC1OC2(CCCCC2)OC1C(=O)O. The fourth-order valence-electron chi connectivity index (χ4n) is 2.48. The lowest BCUT2D eigenvalue weighted by Gasteiger charge is -2.31. The van der Waals surface area contributed by atoms with Crippen molar-refractivity contribution in [3.8, 4) is 0 Å². The third-order valence-corrected chi connectivity index (χ3v) is 3.23. The van der Waals surface area contributed by atoms with Gasteiger partial charge in [0.15, 0.2) is 11.9 Å². The summed E-state index contributed by atoms with van der Waals surface area (Å²) in [5.41, 5.74) is 0. The van der Waals surface area contributed by atoms with Gasteiger partial charge in [-0.3, -0.25) is 0 Å². The summed E-state index contributed by atoms with van der Waals surface area (Å²) in [6.07, 6.45) is 7.18. The van der Waals surface area contributed by atoms with Crippen LogP contribution in [-0.4, -0.2) is 29.1 Å². The van der Waals surface area contributed by atoms with Crippen molar-refractivity contribution in [2.75, 3.05) is 0 Å². The number of hydrogen-bond donors (Lipinski definition) is 1. The maximum Gasteiger partial charge on any atom is 0.336 e. The van der Waals surface area contributed by atoms with Gasteiger partial charge in [-0.05, 0) is 19.8 Å². The number of rotatable bonds is 2. The lowest BCUT2D eigenvalue weighted by atomic mass is 9.94. The average Bonchev–Trinajstić information content (AvgIpc) is 2.59. The molecule has 1 heterocycles.